The highest BCUT2D eigenvalue weighted by Gasteiger charge is 2.35. The van der Waals surface area contributed by atoms with Gasteiger partial charge < -0.3 is 14.4 Å². The number of nitrogens with zero attached hydrogens (tertiary/aromatic N) is 2. The standard InChI is InChI=1S/C11H18N2O2/c1-9-5-11(14,3-4-13(9)2)6-10-7-12-8-15-10/h7-9,14H,3-6H2,1-2H3. The van der Waals surface area contributed by atoms with Crippen LogP contribution < -0.4 is 0 Å². The lowest BCUT2D eigenvalue weighted by Gasteiger charge is -2.40. The molecule has 1 N–H and O–H groups in total. The molecule has 0 saturated carbocycles. The molecule has 2 atom stereocenters. The van der Waals surface area contributed by atoms with E-state index < -0.39 is 5.60 Å². The van der Waals surface area contributed by atoms with E-state index in [9.17, 15) is 5.11 Å². The first kappa shape index (κ1) is 10.6. The normalized spacial score (nSPS) is 33.1. The second-order valence-corrected chi connectivity index (χ2v) is 4.65. The number of aromatic nitrogens is 1. The van der Waals surface area contributed by atoms with E-state index in [1.54, 1.807) is 6.20 Å². The Kier molecular flexibility index (Phi) is 2.80. The van der Waals surface area contributed by atoms with Crippen LogP contribution in [0.3, 0.4) is 0 Å². The molecule has 1 aromatic rings. The highest BCUT2D eigenvalue weighted by Crippen LogP contribution is 2.29. The average Bonchev–Trinajstić information content (AvgIpc) is 2.64. The van der Waals surface area contributed by atoms with Crippen LogP contribution in [-0.2, 0) is 6.42 Å². The molecule has 4 nitrogen and oxygen atoms in total. The number of oxazole rings is 1. The van der Waals surface area contributed by atoms with Gasteiger partial charge in [0.1, 0.15) is 5.76 Å². The van der Waals surface area contributed by atoms with E-state index in [4.69, 9.17) is 4.42 Å². The maximum Gasteiger partial charge on any atom is 0.180 e. The number of piperidine rings is 1. The van der Waals surface area contributed by atoms with E-state index in [0.717, 1.165) is 25.1 Å². The van der Waals surface area contributed by atoms with Crippen LogP contribution in [0.2, 0.25) is 0 Å². The lowest BCUT2D eigenvalue weighted by molar-refractivity contribution is -0.0383. The van der Waals surface area contributed by atoms with Gasteiger partial charge in [0.25, 0.3) is 0 Å². The van der Waals surface area contributed by atoms with Crippen molar-refractivity contribution < 1.29 is 9.52 Å². The van der Waals surface area contributed by atoms with Crippen LogP contribution in [-0.4, -0.2) is 40.2 Å². The molecule has 15 heavy (non-hydrogen) atoms. The summed E-state index contributed by atoms with van der Waals surface area (Å²) in [6.07, 6.45) is 5.27. The van der Waals surface area contributed by atoms with Crippen molar-refractivity contribution in [3.05, 3.63) is 18.4 Å². The maximum absolute atomic E-state index is 10.4. The SMILES string of the molecule is CC1CC(O)(Cc2cnco2)CCN1C. The molecule has 84 valence electrons. The summed E-state index contributed by atoms with van der Waals surface area (Å²) in [6.45, 7) is 3.08. The van der Waals surface area contributed by atoms with Gasteiger partial charge in [-0.1, -0.05) is 0 Å². The van der Waals surface area contributed by atoms with E-state index in [1.165, 1.54) is 6.39 Å². The summed E-state index contributed by atoms with van der Waals surface area (Å²) in [6, 6.07) is 0.423. The van der Waals surface area contributed by atoms with Crippen LogP contribution in [0.15, 0.2) is 17.0 Å². The zero-order valence-electron chi connectivity index (χ0n) is 9.31. The average molecular weight is 210 g/mol. The fourth-order valence-electron chi connectivity index (χ4n) is 2.23. The Balaban J connectivity index is 2.01. The fourth-order valence-corrected chi connectivity index (χ4v) is 2.23. The molecule has 1 aromatic heterocycles. The van der Waals surface area contributed by atoms with Crippen molar-refractivity contribution in [2.24, 2.45) is 0 Å². The van der Waals surface area contributed by atoms with Gasteiger partial charge in [0.15, 0.2) is 6.39 Å². The first-order chi connectivity index (χ1) is 7.09. The van der Waals surface area contributed by atoms with E-state index in [-0.39, 0.29) is 0 Å². The van der Waals surface area contributed by atoms with Gasteiger partial charge in [-0.25, -0.2) is 4.98 Å². The van der Waals surface area contributed by atoms with Crippen molar-refractivity contribution in [2.75, 3.05) is 13.6 Å². The second-order valence-electron chi connectivity index (χ2n) is 4.65. The molecule has 1 saturated heterocycles. The largest absolute Gasteiger partial charge is 0.448 e. The van der Waals surface area contributed by atoms with E-state index in [2.05, 4.69) is 23.9 Å². The molecule has 2 unspecified atom stereocenters. The highest BCUT2D eigenvalue weighted by atomic mass is 16.3. The monoisotopic (exact) mass is 210 g/mol. The number of aliphatic hydroxyl groups is 1. The van der Waals surface area contributed by atoms with Crippen LogP contribution in [0.25, 0.3) is 0 Å². The molecular formula is C11H18N2O2. The van der Waals surface area contributed by atoms with Crippen molar-refractivity contribution in [2.45, 2.75) is 37.8 Å². The molecule has 0 radical (unpaired) electrons. The van der Waals surface area contributed by atoms with Gasteiger partial charge >= 0.3 is 0 Å². The molecule has 1 aliphatic rings. The molecule has 1 fully saturated rings. The minimum Gasteiger partial charge on any atom is -0.448 e. The molecule has 0 amide bonds. The molecule has 4 heteroatoms. The number of rotatable bonds is 2. The van der Waals surface area contributed by atoms with Gasteiger partial charge in [-0.15, -0.1) is 0 Å². The van der Waals surface area contributed by atoms with Crippen LogP contribution in [0.5, 0.6) is 0 Å². The Morgan fingerprint density at radius 2 is 2.53 bits per heavy atom. The summed E-state index contributed by atoms with van der Waals surface area (Å²) in [5.41, 5.74) is -0.620. The summed E-state index contributed by atoms with van der Waals surface area (Å²) in [7, 11) is 2.10. The van der Waals surface area contributed by atoms with Gasteiger partial charge in [0.05, 0.1) is 11.8 Å². The summed E-state index contributed by atoms with van der Waals surface area (Å²) < 4.78 is 5.18. The minimum atomic E-state index is -0.620. The molecule has 1 aliphatic heterocycles. The summed E-state index contributed by atoms with van der Waals surface area (Å²) in [4.78, 5) is 6.14. The Bertz CT molecular complexity index is 312. The van der Waals surface area contributed by atoms with Gasteiger partial charge in [0.2, 0.25) is 0 Å². The maximum atomic E-state index is 10.4. The first-order valence-corrected chi connectivity index (χ1v) is 5.39. The predicted octanol–water partition coefficient (Wildman–Crippen LogP) is 1.06. The molecule has 0 bridgehead atoms. The molecule has 0 aromatic carbocycles. The van der Waals surface area contributed by atoms with Gasteiger partial charge in [-0.05, 0) is 26.8 Å². The highest BCUT2D eigenvalue weighted by molar-refractivity contribution is 5.00. The number of likely N-dealkylation sites (tertiary alicyclic amines) is 1. The fraction of sp³-hybridized carbons (Fsp3) is 0.727. The van der Waals surface area contributed by atoms with Gasteiger partial charge in [0, 0.05) is 19.0 Å². The van der Waals surface area contributed by atoms with E-state index in [0.29, 0.717) is 12.5 Å². The van der Waals surface area contributed by atoms with E-state index in [1.807, 2.05) is 0 Å². The van der Waals surface area contributed by atoms with Crippen LogP contribution in [0.4, 0.5) is 0 Å². The second kappa shape index (κ2) is 3.94. The third-order valence-corrected chi connectivity index (χ3v) is 3.34. The zero-order valence-corrected chi connectivity index (χ0v) is 9.31. The molecule has 0 spiro atoms. The van der Waals surface area contributed by atoms with Crippen LogP contribution in [0.1, 0.15) is 25.5 Å². The van der Waals surface area contributed by atoms with Crippen molar-refractivity contribution in [3.8, 4) is 0 Å². The third kappa shape index (κ3) is 2.38. The van der Waals surface area contributed by atoms with Gasteiger partial charge in [-0.2, -0.15) is 0 Å². The lowest BCUT2D eigenvalue weighted by atomic mass is 9.84. The lowest BCUT2D eigenvalue weighted by Crippen LogP contribution is -2.48. The summed E-state index contributed by atoms with van der Waals surface area (Å²) in [5, 5.41) is 10.4. The third-order valence-electron chi connectivity index (χ3n) is 3.34. The minimum absolute atomic E-state index is 0.423. The summed E-state index contributed by atoms with van der Waals surface area (Å²) >= 11 is 0. The Morgan fingerprint density at radius 1 is 1.73 bits per heavy atom. The Hall–Kier alpha value is -0.870. The quantitative estimate of drug-likeness (QED) is 0.793. The molecular weight excluding hydrogens is 192 g/mol. The number of hydrogen-bond acceptors (Lipinski definition) is 4. The van der Waals surface area contributed by atoms with Crippen LogP contribution in [0, 0.1) is 0 Å². The molecule has 2 heterocycles. The Labute approximate surface area is 89.9 Å². The zero-order chi connectivity index (χ0) is 10.9. The first-order valence-electron chi connectivity index (χ1n) is 5.39. The van der Waals surface area contributed by atoms with Gasteiger partial charge in [-0.3, -0.25) is 0 Å². The van der Waals surface area contributed by atoms with Crippen molar-refractivity contribution in [1.82, 2.24) is 9.88 Å². The molecule has 0 aliphatic carbocycles. The Morgan fingerprint density at radius 3 is 3.13 bits per heavy atom. The van der Waals surface area contributed by atoms with Crippen molar-refractivity contribution in [3.63, 3.8) is 0 Å². The van der Waals surface area contributed by atoms with Crippen molar-refractivity contribution >= 4 is 0 Å². The number of hydrogen-bond donors (Lipinski definition) is 1. The van der Waals surface area contributed by atoms with E-state index >= 15 is 0 Å². The predicted molar refractivity (Wildman–Crippen MR) is 56.5 cm³/mol. The smallest absolute Gasteiger partial charge is 0.180 e. The van der Waals surface area contributed by atoms with Crippen LogP contribution >= 0.6 is 0 Å². The summed E-state index contributed by atoms with van der Waals surface area (Å²) in [5.74, 6) is 0.772. The topological polar surface area (TPSA) is 49.5 Å². The molecule has 2 rings (SSSR count). The van der Waals surface area contributed by atoms with Crippen molar-refractivity contribution in [1.29, 1.82) is 0 Å².